The maximum absolute atomic E-state index is 5.34. The van der Waals surface area contributed by atoms with Gasteiger partial charge in [-0.05, 0) is 30.2 Å². The third-order valence-corrected chi connectivity index (χ3v) is 4.77. The van der Waals surface area contributed by atoms with Crippen molar-refractivity contribution in [1.29, 1.82) is 0 Å². The number of nitrogens with zero attached hydrogens (tertiary/aromatic N) is 6. The molecule has 21 heavy (non-hydrogen) atoms. The van der Waals surface area contributed by atoms with Crippen LogP contribution in [0.5, 0.6) is 0 Å². The van der Waals surface area contributed by atoms with Gasteiger partial charge in [0.05, 0.1) is 11.3 Å². The Morgan fingerprint density at radius 1 is 1.24 bits per heavy atom. The molecule has 8 heteroatoms. The van der Waals surface area contributed by atoms with E-state index in [0.29, 0.717) is 11.9 Å². The molecular formula is C13H20N6OS. The summed E-state index contributed by atoms with van der Waals surface area (Å²) in [5.74, 6) is 1.64. The fourth-order valence-corrected chi connectivity index (χ4v) is 3.39. The first-order valence-corrected chi connectivity index (χ1v) is 8.31. The van der Waals surface area contributed by atoms with E-state index >= 15 is 0 Å². The smallest absolute Gasteiger partial charge is 0.239 e. The average Bonchev–Trinajstić information content (AvgIpc) is 3.19. The van der Waals surface area contributed by atoms with E-state index in [-0.39, 0.29) is 11.2 Å². The molecule has 0 aromatic carbocycles. The molecule has 0 N–H and O–H groups in total. The highest BCUT2D eigenvalue weighted by Crippen LogP contribution is 2.36. The molecule has 2 aromatic rings. The number of tetrazole rings is 1. The molecule has 0 amide bonds. The van der Waals surface area contributed by atoms with Gasteiger partial charge < -0.3 is 4.52 Å². The van der Waals surface area contributed by atoms with E-state index in [9.17, 15) is 0 Å². The van der Waals surface area contributed by atoms with Crippen molar-refractivity contribution >= 4 is 11.8 Å². The molecule has 0 aliphatic heterocycles. The van der Waals surface area contributed by atoms with Crippen molar-refractivity contribution in [3.8, 4) is 0 Å². The second-order valence-electron chi connectivity index (χ2n) is 5.75. The van der Waals surface area contributed by atoms with Gasteiger partial charge in [0.15, 0.2) is 5.82 Å². The predicted octanol–water partition coefficient (Wildman–Crippen LogP) is 3.15. The van der Waals surface area contributed by atoms with Crippen LogP contribution in [0, 0.1) is 0 Å². The number of hydrogen-bond acceptors (Lipinski definition) is 7. The van der Waals surface area contributed by atoms with Crippen LogP contribution in [0.1, 0.15) is 75.4 Å². The van der Waals surface area contributed by atoms with Crippen LogP contribution in [0.3, 0.4) is 0 Å². The summed E-state index contributed by atoms with van der Waals surface area (Å²) >= 11 is 1.57. The van der Waals surface area contributed by atoms with E-state index in [1.165, 1.54) is 12.8 Å². The van der Waals surface area contributed by atoms with Crippen molar-refractivity contribution in [2.24, 2.45) is 0 Å². The van der Waals surface area contributed by atoms with Gasteiger partial charge in [-0.2, -0.15) is 4.98 Å². The molecule has 0 bridgehead atoms. The van der Waals surface area contributed by atoms with Crippen molar-refractivity contribution < 1.29 is 4.52 Å². The molecule has 2 heterocycles. The summed E-state index contributed by atoms with van der Waals surface area (Å²) in [6.45, 7) is 6.14. The van der Waals surface area contributed by atoms with E-state index in [1.807, 2.05) is 25.5 Å². The molecule has 1 saturated carbocycles. The Morgan fingerprint density at radius 3 is 2.67 bits per heavy atom. The van der Waals surface area contributed by atoms with E-state index in [4.69, 9.17) is 4.52 Å². The zero-order valence-corrected chi connectivity index (χ0v) is 13.4. The van der Waals surface area contributed by atoms with Gasteiger partial charge in [-0.15, -0.1) is 5.10 Å². The maximum Gasteiger partial charge on any atom is 0.239 e. The van der Waals surface area contributed by atoms with Gasteiger partial charge in [-0.1, -0.05) is 43.6 Å². The third kappa shape index (κ3) is 3.09. The van der Waals surface area contributed by atoms with Crippen molar-refractivity contribution in [1.82, 2.24) is 30.3 Å². The topological polar surface area (TPSA) is 82.5 Å². The molecule has 1 atom stereocenters. The average molecular weight is 308 g/mol. The molecule has 1 fully saturated rings. The molecule has 0 radical (unpaired) electrons. The minimum Gasteiger partial charge on any atom is -0.338 e. The van der Waals surface area contributed by atoms with Crippen LogP contribution in [0.2, 0.25) is 0 Å². The molecule has 1 unspecified atom stereocenters. The van der Waals surface area contributed by atoms with Crippen molar-refractivity contribution in [2.45, 2.75) is 68.8 Å². The monoisotopic (exact) mass is 308 g/mol. The summed E-state index contributed by atoms with van der Waals surface area (Å²) < 4.78 is 7.29. The first-order valence-electron chi connectivity index (χ1n) is 7.43. The number of hydrogen-bond donors (Lipinski definition) is 0. The van der Waals surface area contributed by atoms with Crippen LogP contribution in [0.4, 0.5) is 0 Å². The van der Waals surface area contributed by atoms with Crippen LogP contribution < -0.4 is 0 Å². The fourth-order valence-electron chi connectivity index (χ4n) is 2.50. The summed E-state index contributed by atoms with van der Waals surface area (Å²) in [6.07, 6.45) is 4.83. The van der Waals surface area contributed by atoms with Crippen LogP contribution in [0.15, 0.2) is 9.68 Å². The van der Waals surface area contributed by atoms with E-state index < -0.39 is 0 Å². The number of rotatable bonds is 5. The van der Waals surface area contributed by atoms with E-state index in [1.54, 1.807) is 11.8 Å². The lowest BCUT2D eigenvalue weighted by molar-refractivity contribution is 0.372. The Hall–Kier alpha value is -1.44. The normalized spacial score (nSPS) is 17.7. The van der Waals surface area contributed by atoms with Crippen LogP contribution in [0.25, 0.3) is 0 Å². The molecular weight excluding hydrogens is 288 g/mol. The first-order chi connectivity index (χ1) is 10.1. The molecule has 0 spiro atoms. The summed E-state index contributed by atoms with van der Waals surface area (Å²) in [7, 11) is 0. The Balaban J connectivity index is 1.72. The zero-order valence-electron chi connectivity index (χ0n) is 12.6. The highest BCUT2D eigenvalue weighted by atomic mass is 32.2. The molecule has 114 valence electrons. The molecule has 2 aromatic heterocycles. The lowest BCUT2D eigenvalue weighted by Gasteiger charge is -2.12. The maximum atomic E-state index is 5.34. The standard InChI is InChI=1S/C13H20N6OS/c1-8(2)11-14-12(20-16-11)9(3)21-13-15-17-18-19(13)10-6-4-5-7-10/h8-10H,4-7H2,1-3H3. The summed E-state index contributed by atoms with van der Waals surface area (Å²) in [5.41, 5.74) is 0. The Kier molecular flexibility index (Phi) is 4.23. The quantitative estimate of drug-likeness (QED) is 0.784. The lowest BCUT2D eigenvalue weighted by Crippen LogP contribution is -2.08. The second-order valence-corrected chi connectivity index (χ2v) is 7.06. The molecule has 1 aliphatic carbocycles. The number of thioether (sulfide) groups is 1. The van der Waals surface area contributed by atoms with Crippen LogP contribution >= 0.6 is 11.8 Å². The Bertz CT molecular complexity index is 589. The molecule has 1 aliphatic rings. The van der Waals surface area contributed by atoms with Gasteiger partial charge >= 0.3 is 0 Å². The van der Waals surface area contributed by atoms with Gasteiger partial charge in [0.1, 0.15) is 0 Å². The van der Waals surface area contributed by atoms with Crippen molar-refractivity contribution in [3.63, 3.8) is 0 Å². The molecule has 3 rings (SSSR count). The Labute approximate surface area is 127 Å². The van der Waals surface area contributed by atoms with Gasteiger partial charge in [0.25, 0.3) is 0 Å². The van der Waals surface area contributed by atoms with Gasteiger partial charge in [0, 0.05) is 5.92 Å². The highest BCUT2D eigenvalue weighted by molar-refractivity contribution is 7.99. The minimum atomic E-state index is 0.0381. The minimum absolute atomic E-state index is 0.0381. The number of aromatic nitrogens is 6. The third-order valence-electron chi connectivity index (χ3n) is 3.74. The first kappa shape index (κ1) is 14.5. The SMILES string of the molecule is CC(C)c1noc(C(C)Sc2nnnn2C2CCCC2)n1. The summed E-state index contributed by atoms with van der Waals surface area (Å²) in [5, 5.41) is 17.0. The van der Waals surface area contributed by atoms with E-state index in [0.717, 1.165) is 23.8 Å². The van der Waals surface area contributed by atoms with Crippen LogP contribution in [-0.4, -0.2) is 30.3 Å². The van der Waals surface area contributed by atoms with Crippen LogP contribution in [-0.2, 0) is 0 Å². The lowest BCUT2D eigenvalue weighted by atomic mass is 10.2. The van der Waals surface area contributed by atoms with Crippen molar-refractivity contribution in [2.75, 3.05) is 0 Å². The summed E-state index contributed by atoms with van der Waals surface area (Å²) in [4.78, 5) is 4.44. The van der Waals surface area contributed by atoms with Gasteiger partial charge in [-0.3, -0.25) is 0 Å². The molecule has 0 saturated heterocycles. The zero-order chi connectivity index (χ0) is 14.8. The van der Waals surface area contributed by atoms with Crippen molar-refractivity contribution in [3.05, 3.63) is 11.7 Å². The predicted molar refractivity (Wildman–Crippen MR) is 78.0 cm³/mol. The molecule has 7 nitrogen and oxygen atoms in total. The van der Waals surface area contributed by atoms with Gasteiger partial charge in [-0.25, -0.2) is 4.68 Å². The Morgan fingerprint density at radius 2 is 2.00 bits per heavy atom. The second kappa shape index (κ2) is 6.13. The highest BCUT2D eigenvalue weighted by Gasteiger charge is 2.25. The largest absolute Gasteiger partial charge is 0.338 e. The fraction of sp³-hybridized carbons (Fsp3) is 0.769. The van der Waals surface area contributed by atoms with Gasteiger partial charge in [0.2, 0.25) is 11.0 Å². The summed E-state index contributed by atoms with van der Waals surface area (Å²) in [6, 6.07) is 0.434. The van der Waals surface area contributed by atoms with E-state index in [2.05, 4.69) is 25.7 Å².